The molecule has 0 radical (unpaired) electrons. The molecule has 3 aliphatic rings. The Morgan fingerprint density at radius 2 is 1.85 bits per heavy atom. The molecule has 3 fully saturated rings. The second-order valence-electron chi connectivity index (χ2n) is 7.03. The SMILES string of the molecule is CC1C(NC(=O)c2ccc(Sc3cc(Cl)c(Cl)cc3Cl)s2)C2CCN1CC2. The number of amides is 1. The van der Waals surface area contributed by atoms with Gasteiger partial charge in [0.1, 0.15) is 0 Å². The topological polar surface area (TPSA) is 32.3 Å². The third kappa shape index (κ3) is 4.14. The van der Waals surface area contributed by atoms with Gasteiger partial charge in [0, 0.05) is 17.0 Å². The van der Waals surface area contributed by atoms with E-state index in [2.05, 4.69) is 17.1 Å². The number of piperidine rings is 3. The zero-order valence-electron chi connectivity index (χ0n) is 14.7. The van der Waals surface area contributed by atoms with Crippen molar-refractivity contribution in [2.75, 3.05) is 13.1 Å². The lowest BCUT2D eigenvalue weighted by molar-refractivity contribution is 0.0218. The Balaban J connectivity index is 1.45. The highest BCUT2D eigenvalue weighted by molar-refractivity contribution is 8.01. The first-order valence-corrected chi connectivity index (χ1v) is 11.7. The van der Waals surface area contributed by atoms with Gasteiger partial charge in [0.25, 0.3) is 5.91 Å². The van der Waals surface area contributed by atoms with Gasteiger partial charge in [-0.2, -0.15) is 0 Å². The molecular weight excluding hydrogens is 443 g/mol. The van der Waals surface area contributed by atoms with Gasteiger partial charge in [-0.3, -0.25) is 9.69 Å². The molecule has 2 aromatic rings. The van der Waals surface area contributed by atoms with Crippen LogP contribution in [0, 0.1) is 5.92 Å². The van der Waals surface area contributed by atoms with Crippen LogP contribution in [0.4, 0.5) is 0 Å². The third-order valence-corrected chi connectivity index (χ3v) is 8.89. The van der Waals surface area contributed by atoms with E-state index in [0.717, 1.165) is 27.1 Å². The van der Waals surface area contributed by atoms with Crippen molar-refractivity contribution < 1.29 is 4.79 Å². The minimum Gasteiger partial charge on any atom is -0.347 e. The summed E-state index contributed by atoms with van der Waals surface area (Å²) in [4.78, 5) is 16.8. The van der Waals surface area contributed by atoms with E-state index in [-0.39, 0.29) is 11.9 Å². The van der Waals surface area contributed by atoms with Crippen LogP contribution in [0.1, 0.15) is 29.4 Å². The van der Waals surface area contributed by atoms with Crippen LogP contribution in [0.25, 0.3) is 0 Å². The maximum atomic E-state index is 12.8. The molecule has 0 spiro atoms. The molecule has 2 bridgehead atoms. The van der Waals surface area contributed by atoms with Crippen LogP contribution in [0.3, 0.4) is 0 Å². The number of fused-ring (bicyclic) bond motifs is 3. The quantitative estimate of drug-likeness (QED) is 0.561. The molecular formula is C19H19Cl3N2OS2. The predicted octanol–water partition coefficient (Wildman–Crippen LogP) is 6.07. The first kappa shape index (κ1) is 19.9. The van der Waals surface area contributed by atoms with Crippen molar-refractivity contribution in [1.82, 2.24) is 10.2 Å². The lowest BCUT2D eigenvalue weighted by Crippen LogP contribution is -2.62. The van der Waals surface area contributed by atoms with Crippen LogP contribution in [-0.4, -0.2) is 36.0 Å². The van der Waals surface area contributed by atoms with Gasteiger partial charge in [-0.05, 0) is 63.0 Å². The summed E-state index contributed by atoms with van der Waals surface area (Å²) in [5.74, 6) is 0.607. The summed E-state index contributed by atoms with van der Waals surface area (Å²) in [6, 6.07) is 7.87. The molecule has 4 heterocycles. The molecule has 144 valence electrons. The molecule has 1 amide bonds. The van der Waals surface area contributed by atoms with E-state index in [9.17, 15) is 4.79 Å². The zero-order valence-corrected chi connectivity index (χ0v) is 18.6. The number of benzene rings is 1. The van der Waals surface area contributed by atoms with Gasteiger partial charge in [0.15, 0.2) is 0 Å². The van der Waals surface area contributed by atoms with Gasteiger partial charge in [-0.25, -0.2) is 0 Å². The first-order chi connectivity index (χ1) is 12.9. The van der Waals surface area contributed by atoms with E-state index < -0.39 is 0 Å². The van der Waals surface area contributed by atoms with Crippen molar-refractivity contribution in [2.45, 2.75) is 41.0 Å². The Bertz CT molecular complexity index is 863. The number of hydrogen-bond acceptors (Lipinski definition) is 4. The molecule has 0 saturated carbocycles. The van der Waals surface area contributed by atoms with Crippen molar-refractivity contribution in [2.24, 2.45) is 5.92 Å². The van der Waals surface area contributed by atoms with E-state index >= 15 is 0 Å². The summed E-state index contributed by atoms with van der Waals surface area (Å²) in [5.41, 5.74) is 0. The maximum Gasteiger partial charge on any atom is 0.261 e. The maximum absolute atomic E-state index is 12.8. The van der Waals surface area contributed by atoms with Crippen LogP contribution in [0.5, 0.6) is 0 Å². The van der Waals surface area contributed by atoms with Gasteiger partial charge in [-0.1, -0.05) is 46.6 Å². The van der Waals surface area contributed by atoms with E-state index in [1.165, 1.54) is 35.9 Å². The molecule has 1 aromatic carbocycles. The van der Waals surface area contributed by atoms with Crippen molar-refractivity contribution in [3.05, 3.63) is 44.2 Å². The molecule has 2 atom stereocenters. The summed E-state index contributed by atoms with van der Waals surface area (Å²) >= 11 is 21.3. The van der Waals surface area contributed by atoms with Crippen molar-refractivity contribution in [1.29, 1.82) is 0 Å². The fourth-order valence-corrected chi connectivity index (χ4v) is 6.71. The zero-order chi connectivity index (χ0) is 19.1. The molecule has 27 heavy (non-hydrogen) atoms. The monoisotopic (exact) mass is 460 g/mol. The van der Waals surface area contributed by atoms with E-state index in [0.29, 0.717) is 27.0 Å². The van der Waals surface area contributed by atoms with Crippen LogP contribution < -0.4 is 5.32 Å². The van der Waals surface area contributed by atoms with Crippen molar-refractivity contribution in [3.8, 4) is 0 Å². The molecule has 1 N–H and O–H groups in total. The van der Waals surface area contributed by atoms with Crippen LogP contribution in [0.2, 0.25) is 15.1 Å². The Morgan fingerprint density at radius 3 is 2.56 bits per heavy atom. The highest BCUT2D eigenvalue weighted by Crippen LogP contribution is 2.41. The predicted molar refractivity (Wildman–Crippen MR) is 115 cm³/mol. The Kier molecular flexibility index (Phi) is 5.98. The molecule has 5 rings (SSSR count). The number of rotatable bonds is 4. The van der Waals surface area contributed by atoms with Gasteiger partial charge in [-0.15, -0.1) is 11.3 Å². The van der Waals surface area contributed by atoms with Gasteiger partial charge in [0.05, 0.1) is 24.2 Å². The summed E-state index contributed by atoms with van der Waals surface area (Å²) in [6.07, 6.45) is 2.35. The van der Waals surface area contributed by atoms with Crippen LogP contribution in [0.15, 0.2) is 33.4 Å². The number of nitrogens with one attached hydrogen (secondary N) is 1. The van der Waals surface area contributed by atoms with Gasteiger partial charge in [0.2, 0.25) is 0 Å². The van der Waals surface area contributed by atoms with E-state index in [4.69, 9.17) is 34.8 Å². The highest BCUT2D eigenvalue weighted by atomic mass is 35.5. The number of hydrogen-bond donors (Lipinski definition) is 1. The lowest BCUT2D eigenvalue weighted by atomic mass is 9.79. The van der Waals surface area contributed by atoms with Crippen LogP contribution >= 0.6 is 57.9 Å². The average Bonchev–Trinajstić information content (AvgIpc) is 3.12. The fraction of sp³-hybridized carbons (Fsp3) is 0.421. The largest absolute Gasteiger partial charge is 0.347 e. The molecule has 8 heteroatoms. The fourth-order valence-electron chi connectivity index (χ4n) is 3.96. The number of carbonyl (C=O) groups excluding carboxylic acids is 1. The molecule has 1 aromatic heterocycles. The standard InChI is InChI=1S/C19H19Cl3N2OS2/c1-10-18(11-4-6-24(10)7-5-11)23-19(25)15-2-3-17(26-15)27-16-9-13(21)12(20)8-14(16)22/h2-3,8-11,18H,4-7H2,1H3,(H,23,25). The third-order valence-electron chi connectivity index (χ3n) is 5.47. The summed E-state index contributed by atoms with van der Waals surface area (Å²) < 4.78 is 0.988. The molecule has 3 aliphatic heterocycles. The Morgan fingerprint density at radius 1 is 1.15 bits per heavy atom. The number of halogens is 3. The van der Waals surface area contributed by atoms with E-state index in [1.54, 1.807) is 12.1 Å². The summed E-state index contributed by atoms with van der Waals surface area (Å²) in [7, 11) is 0. The molecule has 2 unspecified atom stereocenters. The second kappa shape index (κ2) is 8.13. The number of carbonyl (C=O) groups is 1. The van der Waals surface area contributed by atoms with Gasteiger partial charge < -0.3 is 5.32 Å². The Hall–Kier alpha value is -0.430. The molecule has 0 aliphatic carbocycles. The average molecular weight is 462 g/mol. The number of thiophene rings is 1. The summed E-state index contributed by atoms with van der Waals surface area (Å²) in [5, 5.41) is 4.73. The molecule has 3 nitrogen and oxygen atoms in total. The van der Waals surface area contributed by atoms with Gasteiger partial charge >= 0.3 is 0 Å². The van der Waals surface area contributed by atoms with Crippen molar-refractivity contribution in [3.63, 3.8) is 0 Å². The lowest BCUT2D eigenvalue weighted by Gasteiger charge is -2.49. The van der Waals surface area contributed by atoms with Crippen molar-refractivity contribution >= 4 is 63.8 Å². The van der Waals surface area contributed by atoms with E-state index in [1.807, 2.05) is 12.1 Å². The number of nitrogens with zero attached hydrogens (tertiary/aromatic N) is 1. The minimum atomic E-state index is 0.0117. The summed E-state index contributed by atoms with van der Waals surface area (Å²) in [6.45, 7) is 4.53. The Labute approximate surface area is 182 Å². The smallest absolute Gasteiger partial charge is 0.261 e. The molecule has 3 saturated heterocycles. The normalized spacial score (nSPS) is 27.0. The minimum absolute atomic E-state index is 0.0117. The first-order valence-electron chi connectivity index (χ1n) is 8.89. The van der Waals surface area contributed by atoms with Crippen LogP contribution in [-0.2, 0) is 0 Å². The second-order valence-corrected chi connectivity index (χ2v) is 10.7. The highest BCUT2D eigenvalue weighted by Gasteiger charge is 2.40.